The second kappa shape index (κ2) is 8.35. The van der Waals surface area contributed by atoms with Crippen LogP contribution in [0.2, 0.25) is 0 Å². The fourth-order valence-corrected chi connectivity index (χ4v) is 3.05. The van der Waals surface area contributed by atoms with E-state index in [1.165, 1.54) is 17.0 Å². The van der Waals surface area contributed by atoms with Crippen molar-refractivity contribution in [3.8, 4) is 0 Å². The molecule has 0 radical (unpaired) electrons. The third-order valence-corrected chi connectivity index (χ3v) is 4.65. The molecule has 148 valence electrons. The summed E-state index contributed by atoms with van der Waals surface area (Å²) in [5, 5.41) is 2.63. The predicted octanol–water partition coefficient (Wildman–Crippen LogP) is 2.18. The van der Waals surface area contributed by atoms with Crippen LogP contribution in [0.15, 0.2) is 30.3 Å². The van der Waals surface area contributed by atoms with E-state index in [0.717, 1.165) is 30.4 Å². The van der Waals surface area contributed by atoms with Crippen molar-refractivity contribution in [2.75, 3.05) is 51.1 Å². The van der Waals surface area contributed by atoms with E-state index in [9.17, 15) is 14.0 Å². The van der Waals surface area contributed by atoms with Crippen LogP contribution in [0.25, 0.3) is 0 Å². The lowest BCUT2D eigenvalue weighted by molar-refractivity contribution is 0.0743. The molecule has 0 atom stereocenters. The fourth-order valence-electron chi connectivity index (χ4n) is 3.05. The van der Waals surface area contributed by atoms with Crippen molar-refractivity contribution in [3.05, 3.63) is 53.0 Å². The summed E-state index contributed by atoms with van der Waals surface area (Å²) in [6.07, 6.45) is 0.896. The number of pyridine rings is 1. The zero-order chi connectivity index (χ0) is 20.3. The Bertz CT molecular complexity index is 903. The molecular weight excluding hydrogens is 363 g/mol. The van der Waals surface area contributed by atoms with Crippen LogP contribution in [-0.2, 0) is 11.2 Å². The number of likely N-dealkylation sites (N-methyl/N-ethyl adjacent to an activating group) is 2. The third-order valence-electron chi connectivity index (χ3n) is 4.65. The molecule has 0 spiro atoms. The summed E-state index contributed by atoms with van der Waals surface area (Å²) < 4.78 is 19.0. The summed E-state index contributed by atoms with van der Waals surface area (Å²) in [6.45, 7) is 1.61. The van der Waals surface area contributed by atoms with Crippen molar-refractivity contribution in [1.82, 2.24) is 9.88 Å². The van der Waals surface area contributed by atoms with Gasteiger partial charge in [0.1, 0.15) is 17.3 Å². The van der Waals surface area contributed by atoms with Gasteiger partial charge in [0.2, 0.25) is 0 Å². The maximum atomic E-state index is 14.0. The summed E-state index contributed by atoms with van der Waals surface area (Å²) >= 11 is 0. The average Bonchev–Trinajstić information content (AvgIpc) is 3.05. The molecule has 0 fully saturated rings. The Morgan fingerprint density at radius 3 is 2.86 bits per heavy atom. The van der Waals surface area contributed by atoms with E-state index in [1.807, 2.05) is 18.0 Å². The van der Waals surface area contributed by atoms with Gasteiger partial charge in [0.05, 0.1) is 6.61 Å². The zero-order valence-corrected chi connectivity index (χ0v) is 16.2. The highest BCUT2D eigenvalue weighted by Crippen LogP contribution is 2.24. The van der Waals surface area contributed by atoms with Crippen molar-refractivity contribution < 1.29 is 18.7 Å². The molecule has 2 heterocycles. The van der Waals surface area contributed by atoms with Crippen molar-refractivity contribution in [2.45, 2.75) is 6.42 Å². The van der Waals surface area contributed by atoms with Gasteiger partial charge in [-0.3, -0.25) is 9.59 Å². The van der Waals surface area contributed by atoms with Gasteiger partial charge >= 0.3 is 0 Å². The number of amides is 2. The second-order valence-electron chi connectivity index (χ2n) is 6.75. The average molecular weight is 386 g/mol. The molecule has 2 aromatic rings. The minimum Gasteiger partial charge on any atom is -0.383 e. The number of hydrogen-bond donors (Lipinski definition) is 1. The molecule has 1 N–H and O–H groups in total. The van der Waals surface area contributed by atoms with Crippen LogP contribution in [0.4, 0.5) is 15.9 Å². The first-order chi connectivity index (χ1) is 13.4. The number of benzene rings is 1. The minimum absolute atomic E-state index is 0.149. The van der Waals surface area contributed by atoms with E-state index in [1.54, 1.807) is 20.2 Å². The number of nitrogens with one attached hydrogen (secondary N) is 1. The summed E-state index contributed by atoms with van der Waals surface area (Å²) in [5.74, 6) is -0.644. The number of methoxy groups -OCH3 is 1. The van der Waals surface area contributed by atoms with Gasteiger partial charge in [0.25, 0.3) is 11.8 Å². The Hall–Kier alpha value is -3.00. The Labute approximate surface area is 163 Å². The van der Waals surface area contributed by atoms with Gasteiger partial charge in [0.15, 0.2) is 0 Å². The number of halogens is 1. The first-order valence-corrected chi connectivity index (χ1v) is 8.96. The molecule has 1 aromatic carbocycles. The van der Waals surface area contributed by atoms with E-state index < -0.39 is 11.7 Å². The van der Waals surface area contributed by atoms with Gasteiger partial charge in [-0.05, 0) is 36.2 Å². The fraction of sp³-hybridized carbons (Fsp3) is 0.350. The molecule has 1 aromatic heterocycles. The summed E-state index contributed by atoms with van der Waals surface area (Å²) in [7, 11) is 5.07. The highest BCUT2D eigenvalue weighted by molar-refractivity contribution is 6.04. The molecule has 0 saturated carbocycles. The number of carbonyl (C=O) groups is 2. The van der Waals surface area contributed by atoms with Gasteiger partial charge in [0, 0.05) is 45.5 Å². The van der Waals surface area contributed by atoms with Crippen LogP contribution in [0.3, 0.4) is 0 Å². The lowest BCUT2D eigenvalue weighted by Crippen LogP contribution is -2.30. The molecule has 2 amide bonds. The van der Waals surface area contributed by atoms with E-state index in [4.69, 9.17) is 4.74 Å². The highest BCUT2D eigenvalue weighted by Gasteiger charge is 2.20. The standard InChI is InChI=1S/C20H23FN4O3/c1-24-7-6-13-4-5-17(23-18(13)24)19(26)22-16-11-14(10-15(21)12-16)20(27)25(2)8-9-28-3/h4-5,10-12H,6-9H2,1-3H3,(H,22,26). The van der Waals surface area contributed by atoms with E-state index >= 15 is 0 Å². The number of ether oxygens (including phenoxy) is 1. The van der Waals surface area contributed by atoms with Crippen LogP contribution in [0.5, 0.6) is 0 Å². The first kappa shape index (κ1) is 19.8. The van der Waals surface area contributed by atoms with Gasteiger partial charge in [-0.15, -0.1) is 0 Å². The second-order valence-corrected chi connectivity index (χ2v) is 6.75. The number of nitrogens with zero attached hydrogens (tertiary/aromatic N) is 3. The topological polar surface area (TPSA) is 74.8 Å². The molecule has 7 nitrogen and oxygen atoms in total. The molecule has 0 bridgehead atoms. The third kappa shape index (κ3) is 4.28. The number of fused-ring (bicyclic) bond motifs is 1. The Morgan fingerprint density at radius 1 is 1.32 bits per heavy atom. The van der Waals surface area contributed by atoms with Crippen LogP contribution >= 0.6 is 0 Å². The molecule has 0 unspecified atom stereocenters. The molecular formula is C20H23FN4O3. The lowest BCUT2D eigenvalue weighted by atomic mass is 10.1. The van der Waals surface area contributed by atoms with E-state index in [0.29, 0.717) is 13.2 Å². The van der Waals surface area contributed by atoms with Gasteiger partial charge in [-0.25, -0.2) is 9.37 Å². The number of anilines is 2. The Morgan fingerprint density at radius 2 is 2.11 bits per heavy atom. The van der Waals surface area contributed by atoms with E-state index in [2.05, 4.69) is 10.3 Å². The minimum atomic E-state index is -0.608. The van der Waals surface area contributed by atoms with Gasteiger partial charge < -0.3 is 19.9 Å². The molecule has 1 aliphatic heterocycles. The maximum Gasteiger partial charge on any atom is 0.274 e. The molecule has 3 rings (SSSR count). The van der Waals surface area contributed by atoms with Crippen molar-refractivity contribution in [1.29, 1.82) is 0 Å². The monoisotopic (exact) mass is 386 g/mol. The van der Waals surface area contributed by atoms with Crippen molar-refractivity contribution >= 4 is 23.3 Å². The molecule has 0 aliphatic carbocycles. The predicted molar refractivity (Wildman–Crippen MR) is 104 cm³/mol. The van der Waals surface area contributed by atoms with Crippen LogP contribution < -0.4 is 10.2 Å². The van der Waals surface area contributed by atoms with Gasteiger partial charge in [-0.1, -0.05) is 6.07 Å². The molecule has 8 heteroatoms. The molecule has 0 saturated heterocycles. The Kier molecular flexibility index (Phi) is 5.89. The summed E-state index contributed by atoms with van der Waals surface area (Å²) in [6, 6.07) is 7.29. The smallest absolute Gasteiger partial charge is 0.274 e. The summed E-state index contributed by atoms with van der Waals surface area (Å²) in [4.78, 5) is 32.8. The number of aromatic nitrogens is 1. The number of hydrogen-bond acceptors (Lipinski definition) is 5. The first-order valence-electron chi connectivity index (χ1n) is 8.96. The quantitative estimate of drug-likeness (QED) is 0.824. The van der Waals surface area contributed by atoms with Crippen LogP contribution in [0.1, 0.15) is 26.4 Å². The molecule has 28 heavy (non-hydrogen) atoms. The highest BCUT2D eigenvalue weighted by atomic mass is 19.1. The van der Waals surface area contributed by atoms with Crippen LogP contribution in [-0.4, -0.2) is 62.6 Å². The number of carbonyl (C=O) groups excluding carboxylic acids is 2. The van der Waals surface area contributed by atoms with Crippen LogP contribution in [0, 0.1) is 5.82 Å². The SMILES string of the molecule is COCCN(C)C(=O)c1cc(F)cc(NC(=O)c2ccc3c(n2)N(C)CC3)c1. The normalized spacial score (nSPS) is 12.6. The number of rotatable bonds is 6. The molecule has 1 aliphatic rings. The zero-order valence-electron chi connectivity index (χ0n) is 16.2. The maximum absolute atomic E-state index is 14.0. The Balaban J connectivity index is 1.77. The van der Waals surface area contributed by atoms with Crippen molar-refractivity contribution in [3.63, 3.8) is 0 Å². The lowest BCUT2D eigenvalue weighted by Gasteiger charge is -2.17. The largest absolute Gasteiger partial charge is 0.383 e. The van der Waals surface area contributed by atoms with Crippen molar-refractivity contribution in [2.24, 2.45) is 0 Å². The van der Waals surface area contributed by atoms with E-state index in [-0.39, 0.29) is 22.9 Å². The van der Waals surface area contributed by atoms with Gasteiger partial charge in [-0.2, -0.15) is 0 Å². The summed E-state index contributed by atoms with van der Waals surface area (Å²) in [5.41, 5.74) is 1.68.